The first kappa shape index (κ1) is 23.4. The highest BCUT2D eigenvalue weighted by molar-refractivity contribution is 5.90. The second-order valence-electron chi connectivity index (χ2n) is 9.69. The third kappa shape index (κ3) is 4.62. The lowest BCUT2D eigenvalue weighted by Crippen LogP contribution is -2.61. The molecule has 0 bridgehead atoms. The van der Waals surface area contributed by atoms with E-state index in [1.807, 2.05) is 24.3 Å². The van der Waals surface area contributed by atoms with Crippen LogP contribution in [0.25, 0.3) is 11.1 Å². The Morgan fingerprint density at radius 1 is 1.09 bits per heavy atom. The Kier molecular flexibility index (Phi) is 6.47. The Labute approximate surface area is 204 Å². The molecule has 0 saturated carbocycles. The van der Waals surface area contributed by atoms with Crippen LogP contribution in [0, 0.1) is 5.92 Å². The van der Waals surface area contributed by atoms with Gasteiger partial charge in [-0.15, -0.1) is 0 Å². The van der Waals surface area contributed by atoms with Crippen LogP contribution in [0.1, 0.15) is 42.7 Å². The summed E-state index contributed by atoms with van der Waals surface area (Å²) in [6.45, 7) is 1.52. The predicted octanol–water partition coefficient (Wildman–Crippen LogP) is 3.40. The summed E-state index contributed by atoms with van der Waals surface area (Å²) < 4.78 is 11.2. The molecule has 2 fully saturated rings. The second-order valence-corrected chi connectivity index (χ2v) is 9.69. The van der Waals surface area contributed by atoms with Gasteiger partial charge in [0, 0.05) is 38.5 Å². The molecular formula is C27H30N2O6. The van der Waals surface area contributed by atoms with Crippen LogP contribution in [0.4, 0.5) is 4.79 Å². The van der Waals surface area contributed by atoms with Gasteiger partial charge in [-0.3, -0.25) is 9.59 Å². The fourth-order valence-electron chi connectivity index (χ4n) is 5.68. The minimum absolute atomic E-state index is 0.0348. The summed E-state index contributed by atoms with van der Waals surface area (Å²) in [5, 5.41) is 12.0. The maximum absolute atomic E-state index is 13.5. The summed E-state index contributed by atoms with van der Waals surface area (Å²) in [6.07, 6.45) is 1.26. The van der Waals surface area contributed by atoms with Crippen LogP contribution in [-0.2, 0) is 19.1 Å². The number of rotatable bonds is 6. The number of aliphatic carboxylic acids is 1. The number of amides is 2. The molecule has 2 unspecified atom stereocenters. The summed E-state index contributed by atoms with van der Waals surface area (Å²) in [6, 6.07) is 16.2. The highest BCUT2D eigenvalue weighted by atomic mass is 16.6. The number of nitrogens with zero attached hydrogens (tertiary/aromatic N) is 1. The van der Waals surface area contributed by atoms with Crippen LogP contribution in [-0.4, -0.2) is 66.4 Å². The Morgan fingerprint density at radius 2 is 1.77 bits per heavy atom. The van der Waals surface area contributed by atoms with Crippen LogP contribution >= 0.6 is 0 Å². The fraction of sp³-hybridized carbons (Fsp3) is 0.444. The zero-order valence-corrected chi connectivity index (χ0v) is 19.6. The Bertz CT molecular complexity index is 1080. The van der Waals surface area contributed by atoms with Crippen LogP contribution in [0.2, 0.25) is 0 Å². The average molecular weight is 479 g/mol. The van der Waals surface area contributed by atoms with E-state index in [2.05, 4.69) is 29.6 Å². The van der Waals surface area contributed by atoms with Gasteiger partial charge >= 0.3 is 12.1 Å². The molecule has 8 heteroatoms. The van der Waals surface area contributed by atoms with E-state index in [4.69, 9.17) is 14.6 Å². The molecule has 2 heterocycles. The van der Waals surface area contributed by atoms with E-state index in [9.17, 15) is 14.4 Å². The minimum Gasteiger partial charge on any atom is -0.481 e. The van der Waals surface area contributed by atoms with Gasteiger partial charge < -0.3 is 24.8 Å². The lowest BCUT2D eigenvalue weighted by atomic mass is 9.91. The van der Waals surface area contributed by atoms with Crippen molar-refractivity contribution in [3.8, 4) is 11.1 Å². The average Bonchev–Trinajstić information content (AvgIpc) is 3.45. The first-order chi connectivity index (χ1) is 17.0. The monoisotopic (exact) mass is 478 g/mol. The number of ether oxygens (including phenoxy) is 2. The van der Waals surface area contributed by atoms with Crippen LogP contribution in [0.3, 0.4) is 0 Å². The third-order valence-corrected chi connectivity index (χ3v) is 7.39. The van der Waals surface area contributed by atoms with Crippen molar-refractivity contribution < 1.29 is 29.0 Å². The van der Waals surface area contributed by atoms with Gasteiger partial charge in [0.15, 0.2) is 0 Å². The molecule has 3 aliphatic rings. The number of likely N-dealkylation sites (tertiary alicyclic amines) is 1. The normalized spacial score (nSPS) is 23.4. The number of hydrogen-bond acceptors (Lipinski definition) is 5. The molecule has 2 aromatic rings. The lowest BCUT2D eigenvalue weighted by Gasteiger charge is -2.38. The first-order valence-electron chi connectivity index (χ1n) is 12.2. The van der Waals surface area contributed by atoms with E-state index >= 15 is 0 Å². The van der Waals surface area contributed by atoms with E-state index in [0.29, 0.717) is 26.1 Å². The van der Waals surface area contributed by atoms with Crippen molar-refractivity contribution in [2.75, 3.05) is 32.9 Å². The molecule has 2 aliphatic heterocycles. The fourth-order valence-corrected chi connectivity index (χ4v) is 5.68. The topological polar surface area (TPSA) is 105 Å². The summed E-state index contributed by atoms with van der Waals surface area (Å²) in [5.41, 5.74) is 3.35. The van der Waals surface area contributed by atoms with E-state index < -0.39 is 17.6 Å². The number of carbonyl (C=O) groups excluding carboxylic acids is 2. The summed E-state index contributed by atoms with van der Waals surface area (Å²) in [4.78, 5) is 39.3. The summed E-state index contributed by atoms with van der Waals surface area (Å²) in [5.74, 6) is -1.24. The molecule has 2 saturated heterocycles. The molecule has 2 N–H and O–H groups in total. The number of alkyl carbamates (subject to hydrolysis) is 1. The highest BCUT2D eigenvalue weighted by Gasteiger charge is 2.47. The van der Waals surface area contributed by atoms with Crippen LogP contribution in [0.15, 0.2) is 48.5 Å². The molecule has 5 rings (SSSR count). The number of nitrogens with one attached hydrogen (secondary N) is 1. The van der Waals surface area contributed by atoms with E-state index in [-0.39, 0.29) is 37.4 Å². The Hall–Kier alpha value is -3.39. The second kappa shape index (κ2) is 9.70. The van der Waals surface area contributed by atoms with Crippen molar-refractivity contribution in [1.82, 2.24) is 10.2 Å². The van der Waals surface area contributed by atoms with E-state index in [1.54, 1.807) is 4.90 Å². The van der Waals surface area contributed by atoms with Gasteiger partial charge in [0.25, 0.3) is 5.91 Å². The molecule has 0 radical (unpaired) electrons. The zero-order valence-electron chi connectivity index (χ0n) is 19.6. The number of carbonyl (C=O) groups is 3. The number of piperidine rings is 1. The van der Waals surface area contributed by atoms with Gasteiger partial charge in [0.1, 0.15) is 12.1 Å². The molecule has 2 aromatic carbocycles. The SMILES string of the molecule is O=C(O)CC1CCCN(C(=O)C2(NC(=O)OCC3c4ccccc4-c4ccccc43)CCOC2)C1. The standard InChI is InChI=1S/C27H30N2O6/c30-24(31)14-18-6-5-12-29(15-18)25(32)27(11-13-34-17-27)28-26(33)35-16-23-21-9-3-1-7-19(21)20-8-2-4-10-22(20)23/h1-4,7-10,18,23H,5-6,11-17H2,(H,28,33)(H,30,31). The molecule has 0 aromatic heterocycles. The number of carboxylic acids is 1. The van der Waals surface area contributed by atoms with Crippen molar-refractivity contribution in [1.29, 1.82) is 0 Å². The van der Waals surface area contributed by atoms with Gasteiger partial charge in [0.05, 0.1) is 6.61 Å². The highest BCUT2D eigenvalue weighted by Crippen LogP contribution is 2.44. The van der Waals surface area contributed by atoms with Crippen molar-refractivity contribution >= 4 is 18.0 Å². The van der Waals surface area contributed by atoms with Gasteiger partial charge in [-0.25, -0.2) is 4.79 Å². The first-order valence-corrected chi connectivity index (χ1v) is 12.2. The Balaban J connectivity index is 1.26. The predicted molar refractivity (Wildman–Crippen MR) is 128 cm³/mol. The quantitative estimate of drug-likeness (QED) is 0.659. The molecular weight excluding hydrogens is 448 g/mol. The van der Waals surface area contributed by atoms with Gasteiger partial charge in [-0.1, -0.05) is 48.5 Å². The molecule has 2 amide bonds. The van der Waals surface area contributed by atoms with Crippen LogP contribution < -0.4 is 5.32 Å². The third-order valence-electron chi connectivity index (χ3n) is 7.39. The van der Waals surface area contributed by atoms with E-state index in [0.717, 1.165) is 35.1 Å². The van der Waals surface area contributed by atoms with Gasteiger partial charge in [-0.2, -0.15) is 0 Å². The van der Waals surface area contributed by atoms with Crippen molar-refractivity contribution in [2.45, 2.75) is 37.1 Å². The van der Waals surface area contributed by atoms with Crippen molar-refractivity contribution in [3.05, 3.63) is 59.7 Å². The number of fused-ring (bicyclic) bond motifs is 3. The van der Waals surface area contributed by atoms with Gasteiger partial charge in [-0.05, 0) is 41.0 Å². The zero-order chi connectivity index (χ0) is 24.4. The largest absolute Gasteiger partial charge is 0.481 e. The molecule has 1 aliphatic carbocycles. The maximum atomic E-state index is 13.5. The van der Waals surface area contributed by atoms with Crippen molar-refractivity contribution in [3.63, 3.8) is 0 Å². The minimum atomic E-state index is -1.19. The molecule has 184 valence electrons. The molecule has 2 atom stereocenters. The van der Waals surface area contributed by atoms with Crippen LogP contribution in [0.5, 0.6) is 0 Å². The van der Waals surface area contributed by atoms with E-state index in [1.165, 1.54) is 0 Å². The smallest absolute Gasteiger partial charge is 0.408 e. The molecule has 35 heavy (non-hydrogen) atoms. The number of hydrogen-bond donors (Lipinski definition) is 2. The van der Waals surface area contributed by atoms with Crippen molar-refractivity contribution in [2.24, 2.45) is 5.92 Å². The van der Waals surface area contributed by atoms with Gasteiger partial charge in [0.2, 0.25) is 0 Å². The molecule has 0 spiro atoms. The summed E-state index contributed by atoms with van der Waals surface area (Å²) >= 11 is 0. The Morgan fingerprint density at radius 3 is 2.40 bits per heavy atom. The number of carboxylic acid groups (broad SMARTS) is 1. The number of benzene rings is 2. The summed E-state index contributed by atoms with van der Waals surface area (Å²) in [7, 11) is 0. The lowest BCUT2D eigenvalue weighted by molar-refractivity contribution is -0.143. The maximum Gasteiger partial charge on any atom is 0.408 e. The molecule has 8 nitrogen and oxygen atoms in total.